The summed E-state index contributed by atoms with van der Waals surface area (Å²) in [6.07, 6.45) is 3.22. The van der Waals surface area contributed by atoms with E-state index >= 15 is 0 Å². The number of nitrogens with zero attached hydrogens (tertiary/aromatic N) is 5. The second kappa shape index (κ2) is 5.49. The molecule has 7 nitrogen and oxygen atoms in total. The molecular formula is C13H11N5O2S. The zero-order chi connectivity index (χ0) is 14.8. The first kappa shape index (κ1) is 13.5. The molecule has 0 radical (unpaired) electrons. The second-order valence-corrected chi connectivity index (χ2v) is 5.38. The summed E-state index contributed by atoms with van der Waals surface area (Å²) in [5.41, 5.74) is 2.65. The molecule has 0 aliphatic carbocycles. The summed E-state index contributed by atoms with van der Waals surface area (Å²) in [4.78, 5) is 22.9. The molecule has 0 saturated heterocycles. The lowest BCUT2D eigenvalue weighted by atomic mass is 10.2. The van der Waals surface area contributed by atoms with Crippen molar-refractivity contribution in [3.63, 3.8) is 0 Å². The largest absolute Gasteiger partial charge is 0.318 e. The molecule has 2 heterocycles. The Morgan fingerprint density at radius 1 is 1.24 bits per heavy atom. The molecule has 0 fully saturated rings. The van der Waals surface area contributed by atoms with Gasteiger partial charge in [-0.3, -0.25) is 10.1 Å². The molecule has 0 aliphatic rings. The van der Waals surface area contributed by atoms with E-state index in [-0.39, 0.29) is 5.69 Å². The van der Waals surface area contributed by atoms with Crippen LogP contribution in [0.5, 0.6) is 0 Å². The van der Waals surface area contributed by atoms with Crippen LogP contribution in [0.25, 0.3) is 11.2 Å². The van der Waals surface area contributed by atoms with Crippen LogP contribution < -0.4 is 0 Å². The Morgan fingerprint density at radius 3 is 2.71 bits per heavy atom. The number of hydrogen-bond acceptors (Lipinski definition) is 6. The number of thioether (sulfide) groups is 1. The molecule has 8 heteroatoms. The van der Waals surface area contributed by atoms with E-state index < -0.39 is 4.92 Å². The SMILES string of the molecule is Cn1cnc2c(SCc3ccc([N+](=O)[O-])cc3)ncnc21. The lowest BCUT2D eigenvalue weighted by Crippen LogP contribution is -1.91. The average molecular weight is 301 g/mol. The van der Waals surface area contributed by atoms with Gasteiger partial charge in [0.1, 0.15) is 16.9 Å². The minimum atomic E-state index is -0.404. The topological polar surface area (TPSA) is 86.7 Å². The average Bonchev–Trinajstić information content (AvgIpc) is 2.88. The van der Waals surface area contributed by atoms with Crippen LogP contribution in [0.2, 0.25) is 0 Å². The molecular weight excluding hydrogens is 290 g/mol. The molecule has 0 amide bonds. The van der Waals surface area contributed by atoms with E-state index in [2.05, 4.69) is 15.0 Å². The molecule has 0 spiro atoms. The predicted octanol–water partition coefficient (Wildman–Crippen LogP) is 2.56. The van der Waals surface area contributed by atoms with Crippen molar-refractivity contribution in [2.75, 3.05) is 0 Å². The molecule has 2 aromatic heterocycles. The molecule has 0 atom stereocenters. The van der Waals surface area contributed by atoms with Gasteiger partial charge in [0.05, 0.1) is 11.3 Å². The summed E-state index contributed by atoms with van der Waals surface area (Å²) in [6, 6.07) is 6.52. The molecule has 0 unspecified atom stereocenters. The number of hydrogen-bond donors (Lipinski definition) is 0. The Labute approximate surface area is 124 Å². The number of benzene rings is 1. The quantitative estimate of drug-likeness (QED) is 0.318. The number of rotatable bonds is 4. The molecule has 3 rings (SSSR count). The first-order valence-electron chi connectivity index (χ1n) is 6.13. The summed E-state index contributed by atoms with van der Waals surface area (Å²) in [5, 5.41) is 11.4. The van der Waals surface area contributed by atoms with Gasteiger partial charge in [-0.1, -0.05) is 23.9 Å². The van der Waals surface area contributed by atoms with Gasteiger partial charge < -0.3 is 4.57 Å². The number of non-ortho nitro benzene ring substituents is 1. The minimum Gasteiger partial charge on any atom is -0.318 e. The maximum atomic E-state index is 10.6. The van der Waals surface area contributed by atoms with E-state index in [4.69, 9.17) is 0 Å². The zero-order valence-corrected chi connectivity index (χ0v) is 11.9. The number of aromatic nitrogens is 4. The van der Waals surface area contributed by atoms with Gasteiger partial charge >= 0.3 is 0 Å². The van der Waals surface area contributed by atoms with Crippen LogP contribution in [0.15, 0.2) is 41.9 Å². The lowest BCUT2D eigenvalue weighted by Gasteiger charge is -2.02. The number of fused-ring (bicyclic) bond motifs is 1. The summed E-state index contributed by atoms with van der Waals surface area (Å²) < 4.78 is 1.84. The molecule has 0 saturated carbocycles. The van der Waals surface area contributed by atoms with Crippen molar-refractivity contribution >= 4 is 28.6 Å². The van der Waals surface area contributed by atoms with Crippen molar-refractivity contribution in [2.24, 2.45) is 7.05 Å². The molecule has 106 valence electrons. The van der Waals surface area contributed by atoms with Crippen LogP contribution in [-0.4, -0.2) is 24.4 Å². The first-order valence-corrected chi connectivity index (χ1v) is 7.12. The van der Waals surface area contributed by atoms with Crippen LogP contribution in [-0.2, 0) is 12.8 Å². The smallest absolute Gasteiger partial charge is 0.269 e. The van der Waals surface area contributed by atoms with Crippen molar-refractivity contribution in [2.45, 2.75) is 10.8 Å². The fraction of sp³-hybridized carbons (Fsp3) is 0.154. The van der Waals surface area contributed by atoms with Crippen molar-refractivity contribution < 1.29 is 4.92 Å². The Hall–Kier alpha value is -2.48. The number of imidazole rings is 1. The molecule has 3 aromatic rings. The minimum absolute atomic E-state index is 0.0953. The van der Waals surface area contributed by atoms with E-state index in [9.17, 15) is 10.1 Å². The van der Waals surface area contributed by atoms with Gasteiger partial charge in [0, 0.05) is 24.9 Å². The highest BCUT2D eigenvalue weighted by atomic mass is 32.2. The molecule has 0 N–H and O–H groups in total. The maximum Gasteiger partial charge on any atom is 0.269 e. The fourth-order valence-corrected chi connectivity index (χ4v) is 2.79. The Balaban J connectivity index is 1.78. The van der Waals surface area contributed by atoms with Gasteiger partial charge in [0.2, 0.25) is 0 Å². The third-order valence-corrected chi connectivity index (χ3v) is 4.04. The molecule has 0 aliphatic heterocycles. The normalized spacial score (nSPS) is 10.9. The van der Waals surface area contributed by atoms with Crippen LogP contribution in [0.3, 0.4) is 0 Å². The van der Waals surface area contributed by atoms with E-state index in [1.54, 1.807) is 18.5 Å². The van der Waals surface area contributed by atoms with E-state index in [1.807, 2.05) is 11.6 Å². The van der Waals surface area contributed by atoms with Crippen LogP contribution >= 0.6 is 11.8 Å². The third-order valence-electron chi connectivity index (χ3n) is 2.99. The van der Waals surface area contributed by atoms with Crippen LogP contribution in [0, 0.1) is 10.1 Å². The van der Waals surface area contributed by atoms with Gasteiger partial charge in [-0.25, -0.2) is 15.0 Å². The molecule has 21 heavy (non-hydrogen) atoms. The van der Waals surface area contributed by atoms with E-state index in [1.165, 1.54) is 30.2 Å². The van der Waals surface area contributed by atoms with Crippen molar-refractivity contribution in [3.8, 4) is 0 Å². The van der Waals surface area contributed by atoms with Crippen molar-refractivity contribution in [3.05, 3.63) is 52.6 Å². The molecule has 1 aromatic carbocycles. The monoisotopic (exact) mass is 301 g/mol. The van der Waals surface area contributed by atoms with Gasteiger partial charge in [0.15, 0.2) is 5.65 Å². The zero-order valence-electron chi connectivity index (χ0n) is 11.1. The fourth-order valence-electron chi connectivity index (χ4n) is 1.90. The van der Waals surface area contributed by atoms with Gasteiger partial charge in [0.25, 0.3) is 5.69 Å². The van der Waals surface area contributed by atoms with Crippen molar-refractivity contribution in [1.29, 1.82) is 0 Å². The highest BCUT2D eigenvalue weighted by Crippen LogP contribution is 2.26. The predicted molar refractivity (Wildman–Crippen MR) is 79.0 cm³/mol. The van der Waals surface area contributed by atoms with E-state index in [0.29, 0.717) is 5.75 Å². The maximum absolute atomic E-state index is 10.6. The van der Waals surface area contributed by atoms with Crippen LogP contribution in [0.4, 0.5) is 5.69 Å². The van der Waals surface area contributed by atoms with Gasteiger partial charge in [-0.05, 0) is 5.56 Å². The Morgan fingerprint density at radius 2 is 2.00 bits per heavy atom. The third kappa shape index (κ3) is 2.70. The summed E-state index contributed by atoms with van der Waals surface area (Å²) in [5.74, 6) is 0.667. The summed E-state index contributed by atoms with van der Waals surface area (Å²) in [6.45, 7) is 0. The highest BCUT2D eigenvalue weighted by Gasteiger charge is 2.09. The number of aryl methyl sites for hydroxylation is 1. The standard InChI is InChI=1S/C13H11N5O2S/c1-17-8-16-11-12(17)14-7-15-13(11)21-6-9-2-4-10(5-3-9)18(19)20/h2-5,7-8H,6H2,1H3. The summed E-state index contributed by atoms with van der Waals surface area (Å²) >= 11 is 1.53. The van der Waals surface area contributed by atoms with Gasteiger partial charge in [-0.2, -0.15) is 0 Å². The Kier molecular flexibility index (Phi) is 3.53. The number of nitro benzene ring substituents is 1. The van der Waals surface area contributed by atoms with Gasteiger partial charge in [-0.15, -0.1) is 0 Å². The molecule has 0 bridgehead atoms. The lowest BCUT2D eigenvalue weighted by molar-refractivity contribution is -0.384. The second-order valence-electron chi connectivity index (χ2n) is 4.42. The Bertz CT molecular complexity index is 800. The summed E-state index contributed by atoms with van der Waals surface area (Å²) in [7, 11) is 1.88. The first-order chi connectivity index (χ1) is 10.1. The van der Waals surface area contributed by atoms with E-state index in [0.717, 1.165) is 21.8 Å². The highest BCUT2D eigenvalue weighted by molar-refractivity contribution is 7.98. The van der Waals surface area contributed by atoms with Crippen LogP contribution in [0.1, 0.15) is 5.56 Å². The number of nitro groups is 1. The van der Waals surface area contributed by atoms with Crippen molar-refractivity contribution in [1.82, 2.24) is 19.5 Å².